The molecule has 116 valence electrons. The first-order valence-corrected chi connectivity index (χ1v) is 6.83. The summed E-state index contributed by atoms with van der Waals surface area (Å²) in [7, 11) is 0. The largest absolute Gasteiger partial charge is 0.354 e. The van der Waals surface area contributed by atoms with Crippen LogP contribution in [0.1, 0.15) is 34.1 Å². The van der Waals surface area contributed by atoms with Crippen molar-refractivity contribution in [3.8, 4) is 0 Å². The maximum Gasteiger partial charge on any atom is 0.239 e. The Hall–Kier alpha value is -1.63. The van der Waals surface area contributed by atoms with Crippen LogP contribution in [0.25, 0.3) is 0 Å². The first-order valence-electron chi connectivity index (χ1n) is 6.83. The minimum absolute atomic E-state index is 0.0118. The molecule has 7 nitrogen and oxygen atoms in total. The number of carbonyl (C=O) groups is 3. The second-order valence-corrected chi connectivity index (χ2v) is 5.31. The predicted octanol–water partition coefficient (Wildman–Crippen LogP) is -0.883. The summed E-state index contributed by atoms with van der Waals surface area (Å²) in [6.45, 7) is 7.50. The van der Waals surface area contributed by atoms with Crippen LogP contribution in [-0.2, 0) is 14.4 Å². The standard InChI is InChI=1S/C13H26N4O3/c1-8(2)12(14)13(20)16-7-11(19)15-6-5-10(18)17-9(3)4/h8-9,12H,5-7,14H2,1-4H3,(H,15,19)(H,16,20)(H,17,18)/t12-/m0/s1. The fourth-order valence-corrected chi connectivity index (χ4v) is 1.36. The monoisotopic (exact) mass is 286 g/mol. The molecule has 0 radical (unpaired) electrons. The zero-order valence-electron chi connectivity index (χ0n) is 12.7. The summed E-state index contributed by atoms with van der Waals surface area (Å²) >= 11 is 0. The van der Waals surface area contributed by atoms with Gasteiger partial charge >= 0.3 is 0 Å². The Bertz CT molecular complexity index is 343. The number of carbonyl (C=O) groups excluding carboxylic acids is 3. The molecule has 0 bridgehead atoms. The van der Waals surface area contributed by atoms with Crippen LogP contribution in [0.15, 0.2) is 0 Å². The third-order valence-corrected chi connectivity index (χ3v) is 2.57. The molecular formula is C13H26N4O3. The molecule has 0 heterocycles. The first-order chi connectivity index (χ1) is 9.23. The summed E-state index contributed by atoms with van der Waals surface area (Å²) in [6.07, 6.45) is 0.212. The number of nitrogens with one attached hydrogen (secondary N) is 3. The summed E-state index contributed by atoms with van der Waals surface area (Å²) in [6, 6.07) is -0.547. The molecule has 0 aromatic carbocycles. The summed E-state index contributed by atoms with van der Waals surface area (Å²) in [5.74, 6) is -0.802. The molecule has 20 heavy (non-hydrogen) atoms. The van der Waals surface area contributed by atoms with Gasteiger partial charge in [0.25, 0.3) is 0 Å². The van der Waals surface area contributed by atoms with Crippen LogP contribution in [0, 0.1) is 5.92 Å². The number of hydrogen-bond acceptors (Lipinski definition) is 4. The third-order valence-electron chi connectivity index (χ3n) is 2.57. The Morgan fingerprint density at radius 2 is 1.60 bits per heavy atom. The van der Waals surface area contributed by atoms with Crippen molar-refractivity contribution in [2.45, 2.75) is 46.2 Å². The predicted molar refractivity (Wildman–Crippen MR) is 76.7 cm³/mol. The average molecular weight is 286 g/mol. The minimum Gasteiger partial charge on any atom is -0.354 e. The molecule has 0 unspecified atom stereocenters. The highest BCUT2D eigenvalue weighted by atomic mass is 16.2. The summed E-state index contributed by atoms with van der Waals surface area (Å²) in [5.41, 5.74) is 5.64. The lowest BCUT2D eigenvalue weighted by Crippen LogP contribution is -2.47. The van der Waals surface area contributed by atoms with Gasteiger partial charge in [-0.15, -0.1) is 0 Å². The molecule has 7 heteroatoms. The maximum atomic E-state index is 11.5. The molecule has 0 aliphatic carbocycles. The van der Waals surface area contributed by atoms with E-state index in [9.17, 15) is 14.4 Å². The van der Waals surface area contributed by atoms with Crippen LogP contribution >= 0.6 is 0 Å². The van der Waals surface area contributed by atoms with Gasteiger partial charge in [0.15, 0.2) is 0 Å². The summed E-state index contributed by atoms with van der Waals surface area (Å²) < 4.78 is 0. The van der Waals surface area contributed by atoms with Gasteiger partial charge in [0.1, 0.15) is 0 Å². The topological polar surface area (TPSA) is 113 Å². The van der Waals surface area contributed by atoms with E-state index in [2.05, 4.69) is 16.0 Å². The lowest BCUT2D eigenvalue weighted by Gasteiger charge is -2.15. The van der Waals surface area contributed by atoms with Crippen LogP contribution in [0.4, 0.5) is 0 Å². The van der Waals surface area contributed by atoms with Crippen molar-refractivity contribution in [1.29, 1.82) is 0 Å². The first kappa shape index (κ1) is 18.4. The van der Waals surface area contributed by atoms with E-state index in [0.717, 1.165) is 0 Å². The van der Waals surface area contributed by atoms with Gasteiger partial charge in [-0.25, -0.2) is 0 Å². The van der Waals surface area contributed by atoms with E-state index in [1.807, 2.05) is 27.7 Å². The summed E-state index contributed by atoms with van der Waals surface area (Å²) in [4.78, 5) is 34.3. The van der Waals surface area contributed by atoms with Crippen LogP contribution in [-0.4, -0.2) is 42.9 Å². The lowest BCUT2D eigenvalue weighted by atomic mass is 10.1. The third kappa shape index (κ3) is 8.47. The fourth-order valence-electron chi connectivity index (χ4n) is 1.36. The second kappa shape index (κ2) is 9.30. The van der Waals surface area contributed by atoms with Crippen molar-refractivity contribution < 1.29 is 14.4 Å². The second-order valence-electron chi connectivity index (χ2n) is 5.31. The zero-order valence-corrected chi connectivity index (χ0v) is 12.7. The Labute approximate surface area is 120 Å². The molecule has 0 spiro atoms. The fraction of sp³-hybridized carbons (Fsp3) is 0.769. The van der Waals surface area contributed by atoms with E-state index in [4.69, 9.17) is 5.73 Å². The van der Waals surface area contributed by atoms with Gasteiger partial charge in [-0.2, -0.15) is 0 Å². The van der Waals surface area contributed by atoms with E-state index in [-0.39, 0.29) is 49.2 Å². The number of nitrogens with two attached hydrogens (primary N) is 1. The van der Waals surface area contributed by atoms with Crippen molar-refractivity contribution in [3.05, 3.63) is 0 Å². The van der Waals surface area contributed by atoms with Crippen LogP contribution in [0.3, 0.4) is 0 Å². The molecule has 0 saturated heterocycles. The molecular weight excluding hydrogens is 260 g/mol. The number of hydrogen-bond donors (Lipinski definition) is 4. The Balaban J connectivity index is 3.80. The quantitative estimate of drug-likeness (QED) is 0.464. The van der Waals surface area contributed by atoms with Crippen LogP contribution in [0.5, 0.6) is 0 Å². The van der Waals surface area contributed by atoms with Gasteiger partial charge in [0.05, 0.1) is 12.6 Å². The van der Waals surface area contributed by atoms with Crippen molar-refractivity contribution >= 4 is 17.7 Å². The highest BCUT2D eigenvalue weighted by Crippen LogP contribution is 1.97. The molecule has 0 fully saturated rings. The van der Waals surface area contributed by atoms with Crippen molar-refractivity contribution in [2.75, 3.05) is 13.1 Å². The van der Waals surface area contributed by atoms with Crippen molar-refractivity contribution in [1.82, 2.24) is 16.0 Å². The molecule has 0 aromatic rings. The van der Waals surface area contributed by atoms with Crippen LogP contribution in [0.2, 0.25) is 0 Å². The number of amides is 3. The van der Waals surface area contributed by atoms with Crippen molar-refractivity contribution in [2.24, 2.45) is 11.7 Å². The molecule has 3 amide bonds. The molecule has 0 aliphatic rings. The SMILES string of the molecule is CC(C)NC(=O)CCNC(=O)CNC(=O)[C@@H](N)C(C)C. The van der Waals surface area contributed by atoms with Gasteiger partial charge in [0.2, 0.25) is 17.7 Å². The van der Waals surface area contributed by atoms with E-state index < -0.39 is 6.04 Å². The highest BCUT2D eigenvalue weighted by Gasteiger charge is 2.17. The van der Waals surface area contributed by atoms with Gasteiger partial charge in [-0.3, -0.25) is 14.4 Å². The van der Waals surface area contributed by atoms with Crippen LogP contribution < -0.4 is 21.7 Å². The Morgan fingerprint density at radius 1 is 1.00 bits per heavy atom. The summed E-state index contributed by atoms with van der Waals surface area (Å²) in [5, 5.41) is 7.73. The molecule has 1 atom stereocenters. The average Bonchev–Trinajstić information content (AvgIpc) is 2.33. The van der Waals surface area contributed by atoms with Gasteiger partial charge < -0.3 is 21.7 Å². The lowest BCUT2D eigenvalue weighted by molar-refractivity contribution is -0.127. The molecule has 0 aromatic heterocycles. The normalized spacial score (nSPS) is 12.2. The molecule has 0 saturated carbocycles. The molecule has 0 aliphatic heterocycles. The Morgan fingerprint density at radius 3 is 2.10 bits per heavy atom. The van der Waals surface area contributed by atoms with Gasteiger partial charge in [-0.1, -0.05) is 13.8 Å². The van der Waals surface area contributed by atoms with Gasteiger partial charge in [-0.05, 0) is 19.8 Å². The van der Waals surface area contributed by atoms with E-state index >= 15 is 0 Å². The maximum absolute atomic E-state index is 11.5. The van der Waals surface area contributed by atoms with E-state index in [1.165, 1.54) is 0 Å². The molecule has 0 rings (SSSR count). The van der Waals surface area contributed by atoms with Gasteiger partial charge in [0, 0.05) is 19.0 Å². The number of rotatable bonds is 8. The van der Waals surface area contributed by atoms with E-state index in [1.54, 1.807) is 0 Å². The van der Waals surface area contributed by atoms with Crippen molar-refractivity contribution in [3.63, 3.8) is 0 Å². The molecule has 5 N–H and O–H groups in total. The zero-order chi connectivity index (χ0) is 15.7. The highest BCUT2D eigenvalue weighted by molar-refractivity contribution is 5.87. The Kier molecular flexibility index (Phi) is 8.54. The minimum atomic E-state index is -0.625. The van der Waals surface area contributed by atoms with E-state index in [0.29, 0.717) is 0 Å². The smallest absolute Gasteiger partial charge is 0.239 e.